The molecule has 2 heteroatoms. The summed E-state index contributed by atoms with van der Waals surface area (Å²) >= 11 is 0. The van der Waals surface area contributed by atoms with Crippen molar-refractivity contribution in [2.45, 2.75) is 58.1 Å². The van der Waals surface area contributed by atoms with Gasteiger partial charge in [-0.25, -0.2) is 0 Å². The lowest BCUT2D eigenvalue weighted by atomic mass is 10.1. The lowest BCUT2D eigenvalue weighted by Crippen LogP contribution is -2.19. The fourth-order valence-electron chi connectivity index (χ4n) is 2.28. The Bertz CT molecular complexity index is 360. The molecule has 0 amide bonds. The summed E-state index contributed by atoms with van der Waals surface area (Å²) in [7, 11) is 0. The largest absolute Gasteiger partial charge is 0.377 e. The molecule has 2 rings (SSSR count). The van der Waals surface area contributed by atoms with Gasteiger partial charge in [-0.3, -0.25) is 0 Å². The molecule has 0 aromatic heterocycles. The summed E-state index contributed by atoms with van der Waals surface area (Å²) < 4.78 is 5.78. The Balaban J connectivity index is 1.71. The molecular formula is C17H27NO. The predicted octanol–water partition coefficient (Wildman–Crippen LogP) is 3.69. The molecule has 1 aliphatic carbocycles. The lowest BCUT2D eigenvalue weighted by molar-refractivity contribution is 0.116. The second-order valence-electron chi connectivity index (χ2n) is 5.51. The molecule has 0 bridgehead atoms. The molecule has 0 saturated heterocycles. The fraction of sp³-hybridized carbons (Fsp3) is 0.647. The van der Waals surface area contributed by atoms with E-state index in [-0.39, 0.29) is 0 Å². The second-order valence-corrected chi connectivity index (χ2v) is 5.51. The molecule has 1 N–H and O–H groups in total. The van der Waals surface area contributed by atoms with Crippen LogP contribution in [-0.2, 0) is 17.8 Å². The quantitative estimate of drug-likeness (QED) is 0.649. The van der Waals surface area contributed by atoms with E-state index in [9.17, 15) is 0 Å². The summed E-state index contributed by atoms with van der Waals surface area (Å²) in [4.78, 5) is 0. The van der Waals surface area contributed by atoms with Gasteiger partial charge in [-0.15, -0.1) is 0 Å². The van der Waals surface area contributed by atoms with Gasteiger partial charge in [0.2, 0.25) is 0 Å². The first kappa shape index (κ1) is 14.5. The van der Waals surface area contributed by atoms with Gasteiger partial charge in [0.05, 0.1) is 6.61 Å². The van der Waals surface area contributed by atoms with Crippen LogP contribution in [0.1, 0.15) is 50.2 Å². The molecule has 19 heavy (non-hydrogen) atoms. The highest BCUT2D eigenvalue weighted by molar-refractivity contribution is 5.26. The molecule has 0 unspecified atom stereocenters. The molecule has 2 nitrogen and oxygen atoms in total. The monoisotopic (exact) mass is 261 g/mol. The molecule has 0 heterocycles. The Morgan fingerprint density at radius 3 is 2.68 bits per heavy atom. The number of rotatable bonds is 10. The first-order chi connectivity index (χ1) is 9.40. The zero-order valence-corrected chi connectivity index (χ0v) is 12.2. The zero-order valence-electron chi connectivity index (χ0n) is 12.2. The van der Waals surface area contributed by atoms with Gasteiger partial charge in [-0.05, 0) is 43.4 Å². The highest BCUT2D eigenvalue weighted by Crippen LogP contribution is 2.18. The Hall–Kier alpha value is -0.860. The highest BCUT2D eigenvalue weighted by Gasteiger charge is 2.19. The van der Waals surface area contributed by atoms with Gasteiger partial charge in [0.25, 0.3) is 0 Å². The van der Waals surface area contributed by atoms with Crippen molar-refractivity contribution < 1.29 is 4.74 Å². The third-order valence-corrected chi connectivity index (χ3v) is 3.67. The van der Waals surface area contributed by atoms with Crippen molar-refractivity contribution in [3.05, 3.63) is 35.4 Å². The number of nitrogens with one attached hydrogen (secondary N) is 1. The molecule has 0 spiro atoms. The van der Waals surface area contributed by atoms with Crippen LogP contribution in [0.25, 0.3) is 0 Å². The van der Waals surface area contributed by atoms with Crippen LogP contribution in [-0.4, -0.2) is 19.2 Å². The molecular weight excluding hydrogens is 234 g/mol. The minimum atomic E-state index is 0.767. The Labute approximate surface area is 117 Å². The Kier molecular flexibility index (Phi) is 6.38. The van der Waals surface area contributed by atoms with E-state index < -0.39 is 0 Å². The molecule has 106 valence electrons. The van der Waals surface area contributed by atoms with E-state index in [1.807, 2.05) is 0 Å². The van der Waals surface area contributed by atoms with Crippen LogP contribution in [0.4, 0.5) is 0 Å². The topological polar surface area (TPSA) is 21.3 Å². The number of hydrogen-bond donors (Lipinski definition) is 1. The smallest absolute Gasteiger partial charge is 0.0719 e. The molecule has 1 aliphatic rings. The summed E-state index contributed by atoms with van der Waals surface area (Å²) in [6.45, 7) is 4.98. The third-order valence-electron chi connectivity index (χ3n) is 3.67. The van der Waals surface area contributed by atoms with Gasteiger partial charge in [0, 0.05) is 12.6 Å². The van der Waals surface area contributed by atoms with Crippen molar-refractivity contribution in [2.75, 3.05) is 13.2 Å². The molecule has 0 radical (unpaired) electrons. The van der Waals surface area contributed by atoms with E-state index in [2.05, 4.69) is 36.5 Å². The molecule has 0 atom stereocenters. The van der Waals surface area contributed by atoms with Crippen LogP contribution in [0.3, 0.4) is 0 Å². The number of benzene rings is 1. The van der Waals surface area contributed by atoms with Gasteiger partial charge < -0.3 is 10.1 Å². The van der Waals surface area contributed by atoms with Crippen LogP contribution >= 0.6 is 0 Å². The summed E-state index contributed by atoms with van der Waals surface area (Å²) in [5.41, 5.74) is 2.79. The van der Waals surface area contributed by atoms with E-state index in [1.165, 1.54) is 43.2 Å². The van der Waals surface area contributed by atoms with Crippen molar-refractivity contribution in [1.82, 2.24) is 5.32 Å². The van der Waals surface area contributed by atoms with Crippen LogP contribution in [0, 0.1) is 0 Å². The molecule has 0 aliphatic heterocycles. The van der Waals surface area contributed by atoms with E-state index >= 15 is 0 Å². The number of ether oxygens (including phenoxy) is 1. The Morgan fingerprint density at radius 1 is 1.16 bits per heavy atom. The summed E-state index contributed by atoms with van der Waals surface area (Å²) in [6.07, 6.45) is 7.55. The fourth-order valence-corrected chi connectivity index (χ4v) is 2.28. The molecule has 1 aromatic rings. The van der Waals surface area contributed by atoms with Crippen LogP contribution < -0.4 is 5.32 Å². The lowest BCUT2D eigenvalue weighted by Gasteiger charge is -2.10. The summed E-state index contributed by atoms with van der Waals surface area (Å²) in [5, 5.41) is 3.58. The minimum Gasteiger partial charge on any atom is -0.377 e. The zero-order chi connectivity index (χ0) is 13.3. The second kappa shape index (κ2) is 8.34. The number of hydrogen-bond acceptors (Lipinski definition) is 2. The molecule has 1 aromatic carbocycles. The molecule has 1 saturated carbocycles. The maximum atomic E-state index is 5.78. The summed E-state index contributed by atoms with van der Waals surface area (Å²) in [5.74, 6) is 0. The minimum absolute atomic E-state index is 0.767. The van der Waals surface area contributed by atoms with Crippen LogP contribution in [0.2, 0.25) is 0 Å². The van der Waals surface area contributed by atoms with E-state index in [0.29, 0.717) is 0 Å². The number of unbranched alkanes of at least 4 members (excludes halogenated alkanes) is 2. The van der Waals surface area contributed by atoms with Gasteiger partial charge in [-0.1, -0.05) is 44.0 Å². The van der Waals surface area contributed by atoms with Gasteiger partial charge in [0.15, 0.2) is 0 Å². The first-order valence-electron chi connectivity index (χ1n) is 7.78. The molecule has 1 fully saturated rings. The van der Waals surface area contributed by atoms with Gasteiger partial charge in [0.1, 0.15) is 0 Å². The van der Waals surface area contributed by atoms with Crippen molar-refractivity contribution in [2.24, 2.45) is 0 Å². The van der Waals surface area contributed by atoms with Crippen molar-refractivity contribution in [3.63, 3.8) is 0 Å². The highest BCUT2D eigenvalue weighted by atomic mass is 16.5. The maximum Gasteiger partial charge on any atom is 0.0719 e. The van der Waals surface area contributed by atoms with E-state index in [0.717, 1.165) is 32.2 Å². The third kappa shape index (κ3) is 5.75. The average molecular weight is 261 g/mol. The van der Waals surface area contributed by atoms with Crippen molar-refractivity contribution in [1.29, 1.82) is 0 Å². The predicted molar refractivity (Wildman–Crippen MR) is 80.4 cm³/mol. The Morgan fingerprint density at radius 2 is 1.95 bits per heavy atom. The van der Waals surface area contributed by atoms with Crippen LogP contribution in [0.15, 0.2) is 24.3 Å². The normalized spacial score (nSPS) is 14.8. The van der Waals surface area contributed by atoms with E-state index in [4.69, 9.17) is 4.74 Å². The van der Waals surface area contributed by atoms with Crippen molar-refractivity contribution in [3.8, 4) is 0 Å². The SMILES string of the molecule is CCCCCOCc1ccccc1CCNC1CC1. The van der Waals surface area contributed by atoms with Gasteiger partial charge in [-0.2, -0.15) is 0 Å². The standard InChI is InChI=1S/C17H27NO/c1-2-3-6-13-19-14-16-8-5-4-7-15(16)11-12-18-17-9-10-17/h4-5,7-8,17-18H,2-3,6,9-14H2,1H3. The van der Waals surface area contributed by atoms with E-state index in [1.54, 1.807) is 0 Å². The van der Waals surface area contributed by atoms with Crippen molar-refractivity contribution >= 4 is 0 Å². The average Bonchev–Trinajstić information content (AvgIpc) is 3.24. The summed E-state index contributed by atoms with van der Waals surface area (Å²) in [6, 6.07) is 9.48. The maximum absolute atomic E-state index is 5.78. The first-order valence-corrected chi connectivity index (χ1v) is 7.78. The van der Waals surface area contributed by atoms with Gasteiger partial charge >= 0.3 is 0 Å². The van der Waals surface area contributed by atoms with Crippen LogP contribution in [0.5, 0.6) is 0 Å².